The molecule has 6 nitrogen and oxygen atoms in total. The summed E-state index contributed by atoms with van der Waals surface area (Å²) in [6.45, 7) is 2.97. The number of nitrogens with zero attached hydrogens (tertiary/aromatic N) is 2. The summed E-state index contributed by atoms with van der Waals surface area (Å²) in [4.78, 5) is 14.8. The molecule has 2 unspecified atom stereocenters. The van der Waals surface area contributed by atoms with E-state index in [1.165, 1.54) is 0 Å². The maximum absolute atomic E-state index is 12.6. The van der Waals surface area contributed by atoms with Gasteiger partial charge in [-0.2, -0.15) is 5.26 Å². The molecule has 0 bridgehead atoms. The molecule has 1 aromatic carbocycles. The predicted molar refractivity (Wildman–Crippen MR) is 98.0 cm³/mol. The van der Waals surface area contributed by atoms with Crippen LogP contribution >= 0.6 is 0 Å². The number of likely N-dealkylation sites (tertiary alicyclic amines) is 1. The third kappa shape index (κ3) is 3.78. The van der Waals surface area contributed by atoms with Gasteiger partial charge in [0, 0.05) is 11.6 Å². The van der Waals surface area contributed by atoms with Gasteiger partial charge < -0.3 is 14.8 Å². The van der Waals surface area contributed by atoms with Crippen LogP contribution in [0.5, 0.6) is 11.5 Å². The zero-order valence-electron chi connectivity index (χ0n) is 15.7. The van der Waals surface area contributed by atoms with Gasteiger partial charge in [0.1, 0.15) is 17.0 Å². The summed E-state index contributed by atoms with van der Waals surface area (Å²) >= 11 is 0. The number of ether oxygens (including phenoxy) is 2. The number of hydrogen-bond donors (Lipinski definition) is 1. The van der Waals surface area contributed by atoms with E-state index in [4.69, 9.17) is 9.47 Å². The van der Waals surface area contributed by atoms with Crippen LogP contribution in [0.2, 0.25) is 0 Å². The van der Waals surface area contributed by atoms with E-state index in [-0.39, 0.29) is 24.4 Å². The molecule has 2 fully saturated rings. The molecular formula is C20H27N3O3. The van der Waals surface area contributed by atoms with Gasteiger partial charge in [-0.3, -0.25) is 9.69 Å². The van der Waals surface area contributed by atoms with Crippen molar-refractivity contribution in [3.05, 3.63) is 23.8 Å². The van der Waals surface area contributed by atoms with Crippen molar-refractivity contribution in [3.8, 4) is 17.6 Å². The Morgan fingerprint density at radius 2 is 2.12 bits per heavy atom. The summed E-state index contributed by atoms with van der Waals surface area (Å²) in [5, 5.41) is 12.4. The molecule has 1 saturated heterocycles. The Bertz CT molecular complexity index is 711. The smallest absolute Gasteiger partial charge is 0.235 e. The Morgan fingerprint density at radius 3 is 2.73 bits per heavy atom. The highest BCUT2D eigenvalue weighted by Crippen LogP contribution is 2.40. The highest BCUT2D eigenvalue weighted by molar-refractivity contribution is 5.79. The van der Waals surface area contributed by atoms with Gasteiger partial charge >= 0.3 is 0 Å². The number of nitrogens with one attached hydrogen (secondary N) is 1. The summed E-state index contributed by atoms with van der Waals surface area (Å²) in [7, 11) is 3.30. The summed E-state index contributed by atoms with van der Waals surface area (Å²) in [6, 6.07) is 8.17. The highest BCUT2D eigenvalue weighted by atomic mass is 16.5. The molecule has 1 aliphatic heterocycles. The summed E-state index contributed by atoms with van der Waals surface area (Å²) in [5.41, 5.74) is 0.294. The minimum absolute atomic E-state index is 0.0882. The molecule has 3 rings (SSSR count). The second kappa shape index (κ2) is 7.55. The van der Waals surface area contributed by atoms with Crippen LogP contribution in [0.1, 0.15) is 44.2 Å². The normalized spacial score (nSPS) is 22.3. The topological polar surface area (TPSA) is 74.6 Å². The number of amides is 1. The first kappa shape index (κ1) is 18.5. The summed E-state index contributed by atoms with van der Waals surface area (Å²) in [5.74, 6) is 1.78. The standard InChI is InChI=1S/C20H27N3O3/c1-20(13-21,14-6-7-14)22-19(24)12-23-10-4-5-17(23)16-11-15(25-2)8-9-18(16)26-3/h8-9,11,14,17H,4-7,10,12H2,1-3H3,(H,22,24). The van der Waals surface area contributed by atoms with Gasteiger partial charge in [0.25, 0.3) is 0 Å². The minimum Gasteiger partial charge on any atom is -0.497 e. The molecular weight excluding hydrogens is 330 g/mol. The van der Waals surface area contributed by atoms with Crippen molar-refractivity contribution in [1.29, 1.82) is 5.26 Å². The van der Waals surface area contributed by atoms with Gasteiger partial charge in [0.15, 0.2) is 0 Å². The third-order valence-electron chi connectivity index (χ3n) is 5.53. The van der Waals surface area contributed by atoms with E-state index in [9.17, 15) is 10.1 Å². The molecule has 140 valence electrons. The molecule has 0 radical (unpaired) electrons. The Morgan fingerprint density at radius 1 is 1.35 bits per heavy atom. The first-order chi connectivity index (χ1) is 12.5. The second-order valence-corrected chi connectivity index (χ2v) is 7.37. The predicted octanol–water partition coefficient (Wildman–Crippen LogP) is 2.65. The largest absolute Gasteiger partial charge is 0.497 e. The van der Waals surface area contributed by atoms with Gasteiger partial charge in [-0.15, -0.1) is 0 Å². The maximum Gasteiger partial charge on any atom is 0.235 e. The van der Waals surface area contributed by atoms with Crippen molar-refractivity contribution in [2.24, 2.45) is 5.92 Å². The van der Waals surface area contributed by atoms with E-state index in [1.54, 1.807) is 14.2 Å². The molecule has 1 aliphatic carbocycles. The Balaban J connectivity index is 1.72. The number of nitriles is 1. The zero-order valence-corrected chi connectivity index (χ0v) is 15.7. The molecule has 1 saturated carbocycles. The minimum atomic E-state index is -0.750. The molecule has 2 atom stereocenters. The van der Waals surface area contributed by atoms with Gasteiger partial charge in [0.05, 0.1) is 26.8 Å². The Hall–Kier alpha value is -2.26. The van der Waals surface area contributed by atoms with Crippen LogP contribution in [-0.4, -0.2) is 43.7 Å². The fourth-order valence-electron chi connectivity index (χ4n) is 3.86. The number of rotatable bonds is 7. The van der Waals surface area contributed by atoms with Crippen LogP contribution in [0.25, 0.3) is 0 Å². The van der Waals surface area contributed by atoms with E-state index < -0.39 is 5.54 Å². The molecule has 1 N–H and O–H groups in total. The average molecular weight is 357 g/mol. The quantitative estimate of drug-likeness (QED) is 0.812. The van der Waals surface area contributed by atoms with Crippen LogP contribution in [0.15, 0.2) is 18.2 Å². The van der Waals surface area contributed by atoms with E-state index in [2.05, 4.69) is 16.3 Å². The highest BCUT2D eigenvalue weighted by Gasteiger charge is 2.43. The first-order valence-corrected chi connectivity index (χ1v) is 9.19. The lowest BCUT2D eigenvalue weighted by atomic mass is 9.98. The fourth-order valence-corrected chi connectivity index (χ4v) is 3.86. The Labute approximate surface area is 155 Å². The van der Waals surface area contributed by atoms with Crippen molar-refractivity contribution in [3.63, 3.8) is 0 Å². The van der Waals surface area contributed by atoms with E-state index >= 15 is 0 Å². The molecule has 0 spiro atoms. The second-order valence-electron chi connectivity index (χ2n) is 7.37. The van der Waals surface area contributed by atoms with Crippen molar-refractivity contribution in [1.82, 2.24) is 10.2 Å². The van der Waals surface area contributed by atoms with Crippen molar-refractivity contribution >= 4 is 5.91 Å². The molecule has 1 heterocycles. The third-order valence-corrected chi connectivity index (χ3v) is 5.53. The van der Waals surface area contributed by atoms with Crippen LogP contribution in [0.4, 0.5) is 0 Å². The van der Waals surface area contributed by atoms with E-state index in [0.717, 1.165) is 49.3 Å². The Kier molecular flexibility index (Phi) is 5.38. The maximum atomic E-state index is 12.6. The van der Waals surface area contributed by atoms with Crippen LogP contribution < -0.4 is 14.8 Å². The first-order valence-electron chi connectivity index (χ1n) is 9.19. The average Bonchev–Trinajstić information content (AvgIpc) is 3.42. The molecule has 1 aromatic rings. The summed E-state index contributed by atoms with van der Waals surface area (Å²) in [6.07, 6.45) is 4.01. The van der Waals surface area contributed by atoms with Gasteiger partial charge in [-0.1, -0.05) is 0 Å². The van der Waals surface area contributed by atoms with Crippen molar-refractivity contribution in [2.45, 2.75) is 44.2 Å². The number of benzene rings is 1. The summed E-state index contributed by atoms with van der Waals surface area (Å²) < 4.78 is 10.9. The van der Waals surface area contributed by atoms with Gasteiger partial charge in [-0.25, -0.2) is 0 Å². The lowest BCUT2D eigenvalue weighted by Gasteiger charge is -2.28. The van der Waals surface area contributed by atoms with E-state index in [1.807, 2.05) is 25.1 Å². The number of hydrogen-bond acceptors (Lipinski definition) is 5. The van der Waals surface area contributed by atoms with Crippen molar-refractivity contribution < 1.29 is 14.3 Å². The van der Waals surface area contributed by atoms with Gasteiger partial charge in [-0.05, 0) is 63.3 Å². The lowest BCUT2D eigenvalue weighted by Crippen LogP contribution is -2.50. The molecule has 2 aliphatic rings. The number of carbonyl (C=O) groups is 1. The van der Waals surface area contributed by atoms with Crippen LogP contribution in [0.3, 0.4) is 0 Å². The zero-order chi connectivity index (χ0) is 18.7. The van der Waals surface area contributed by atoms with Crippen LogP contribution in [0, 0.1) is 17.2 Å². The fraction of sp³-hybridized carbons (Fsp3) is 0.600. The van der Waals surface area contributed by atoms with Crippen LogP contribution in [-0.2, 0) is 4.79 Å². The molecule has 0 aromatic heterocycles. The SMILES string of the molecule is COc1ccc(OC)c(C2CCCN2CC(=O)NC(C)(C#N)C2CC2)c1. The molecule has 6 heteroatoms. The lowest BCUT2D eigenvalue weighted by molar-refractivity contribution is -0.123. The number of carbonyl (C=O) groups excluding carboxylic acids is 1. The van der Waals surface area contributed by atoms with E-state index in [0.29, 0.717) is 0 Å². The van der Waals surface area contributed by atoms with Crippen molar-refractivity contribution in [2.75, 3.05) is 27.3 Å². The number of methoxy groups -OCH3 is 2. The monoisotopic (exact) mass is 357 g/mol. The molecule has 26 heavy (non-hydrogen) atoms. The molecule has 1 amide bonds. The van der Waals surface area contributed by atoms with Gasteiger partial charge in [0.2, 0.25) is 5.91 Å².